The molecule has 0 aliphatic carbocycles. The van der Waals surface area contributed by atoms with Gasteiger partial charge in [0.1, 0.15) is 17.5 Å². The van der Waals surface area contributed by atoms with E-state index in [2.05, 4.69) is 25.8 Å². The molecule has 1 aromatic carbocycles. The minimum absolute atomic E-state index is 0.149. The number of hydrogen-bond acceptors (Lipinski definition) is 6. The van der Waals surface area contributed by atoms with E-state index in [-0.39, 0.29) is 11.8 Å². The first-order chi connectivity index (χ1) is 14.1. The number of nitrogens with zero attached hydrogens (tertiary/aromatic N) is 4. The summed E-state index contributed by atoms with van der Waals surface area (Å²) in [5.41, 5.74) is 12.9. The molecule has 154 valence electrons. The molecule has 0 amide bonds. The van der Waals surface area contributed by atoms with Gasteiger partial charge >= 0.3 is 0 Å². The van der Waals surface area contributed by atoms with Crippen LogP contribution in [-0.2, 0) is 6.42 Å². The van der Waals surface area contributed by atoms with Crippen molar-refractivity contribution in [2.45, 2.75) is 44.2 Å². The fourth-order valence-electron chi connectivity index (χ4n) is 5.91. The molecule has 0 spiro atoms. The second-order valence-electron chi connectivity index (χ2n) is 8.87. The van der Waals surface area contributed by atoms with Crippen LogP contribution < -0.4 is 16.4 Å². The molecule has 0 saturated carbocycles. The maximum atomic E-state index is 13.8. The maximum absolute atomic E-state index is 13.8. The van der Waals surface area contributed by atoms with E-state index in [1.54, 1.807) is 6.07 Å². The zero-order valence-electron chi connectivity index (χ0n) is 16.7. The molecular formula is C22H29FN6. The number of fused-ring (bicyclic) bond motifs is 4. The van der Waals surface area contributed by atoms with Crippen molar-refractivity contribution in [1.29, 1.82) is 0 Å². The first-order valence-electron chi connectivity index (χ1n) is 10.7. The minimum atomic E-state index is -0.149. The van der Waals surface area contributed by atoms with Crippen LogP contribution in [0.4, 0.5) is 22.0 Å². The molecular weight excluding hydrogens is 367 g/mol. The van der Waals surface area contributed by atoms with Gasteiger partial charge in [-0.05, 0) is 61.8 Å². The summed E-state index contributed by atoms with van der Waals surface area (Å²) in [6, 6.07) is 9.95. The van der Waals surface area contributed by atoms with E-state index in [0.29, 0.717) is 29.7 Å². The lowest BCUT2D eigenvalue weighted by Gasteiger charge is -2.57. The summed E-state index contributed by atoms with van der Waals surface area (Å²) in [5.74, 6) is 2.46. The Bertz CT molecular complexity index is 869. The predicted molar refractivity (Wildman–Crippen MR) is 113 cm³/mol. The Hall–Kier alpha value is -2.41. The first-order valence-corrected chi connectivity index (χ1v) is 10.7. The van der Waals surface area contributed by atoms with E-state index >= 15 is 0 Å². The zero-order valence-corrected chi connectivity index (χ0v) is 16.7. The molecule has 0 radical (unpaired) electrons. The van der Waals surface area contributed by atoms with Crippen molar-refractivity contribution < 1.29 is 4.39 Å². The molecule has 4 atom stereocenters. The van der Waals surface area contributed by atoms with E-state index in [9.17, 15) is 4.39 Å². The monoisotopic (exact) mass is 396 g/mol. The molecule has 3 aliphatic rings. The summed E-state index contributed by atoms with van der Waals surface area (Å²) in [6.07, 6.45) is 5.93. The zero-order chi connectivity index (χ0) is 20.0. The van der Waals surface area contributed by atoms with Gasteiger partial charge in [-0.3, -0.25) is 4.90 Å². The Morgan fingerprint density at radius 3 is 2.76 bits per heavy atom. The van der Waals surface area contributed by atoms with Gasteiger partial charge < -0.3 is 16.4 Å². The van der Waals surface area contributed by atoms with Crippen LogP contribution in [0.2, 0.25) is 0 Å². The van der Waals surface area contributed by atoms with E-state index < -0.39 is 0 Å². The third-order valence-corrected chi connectivity index (χ3v) is 7.03. The highest BCUT2D eigenvalue weighted by Gasteiger charge is 2.47. The molecule has 2 aromatic rings. The van der Waals surface area contributed by atoms with Crippen LogP contribution >= 0.6 is 0 Å². The summed E-state index contributed by atoms with van der Waals surface area (Å²) < 4.78 is 13.8. The molecule has 2 bridgehead atoms. The highest BCUT2D eigenvalue weighted by atomic mass is 19.1. The van der Waals surface area contributed by atoms with Crippen LogP contribution in [0.25, 0.3) is 0 Å². The SMILES string of the molecule is Nc1cc(N2C[C@H]3C[C@@H](C2)[C@H](Cc2cccc(F)c2)N2CCCC[C@@H]32)nc(N)n1. The number of nitrogens with two attached hydrogens (primary N) is 2. The third kappa shape index (κ3) is 3.64. The summed E-state index contributed by atoms with van der Waals surface area (Å²) in [6.45, 7) is 3.07. The van der Waals surface area contributed by atoms with Gasteiger partial charge in [-0.1, -0.05) is 18.6 Å². The molecule has 1 aromatic heterocycles. The molecule has 4 N–H and O–H groups in total. The molecule has 29 heavy (non-hydrogen) atoms. The van der Waals surface area contributed by atoms with Gasteiger partial charge in [-0.15, -0.1) is 0 Å². The van der Waals surface area contributed by atoms with E-state index in [1.165, 1.54) is 31.7 Å². The van der Waals surface area contributed by atoms with Crippen molar-refractivity contribution >= 4 is 17.6 Å². The van der Waals surface area contributed by atoms with Crippen LogP contribution in [0.15, 0.2) is 30.3 Å². The fraction of sp³-hybridized carbons (Fsp3) is 0.545. The van der Waals surface area contributed by atoms with Gasteiger partial charge in [0, 0.05) is 31.2 Å². The van der Waals surface area contributed by atoms with Crippen molar-refractivity contribution in [3.63, 3.8) is 0 Å². The van der Waals surface area contributed by atoms with Gasteiger partial charge in [0.15, 0.2) is 0 Å². The van der Waals surface area contributed by atoms with Gasteiger partial charge in [-0.25, -0.2) is 4.39 Å². The Labute approximate surface area is 171 Å². The van der Waals surface area contributed by atoms with Gasteiger partial charge in [-0.2, -0.15) is 9.97 Å². The fourth-order valence-corrected chi connectivity index (χ4v) is 5.91. The second kappa shape index (κ2) is 7.44. The van der Waals surface area contributed by atoms with Crippen LogP contribution in [-0.4, -0.2) is 46.6 Å². The molecule has 4 heterocycles. The lowest BCUT2D eigenvalue weighted by Crippen LogP contribution is -2.64. The standard InChI is InChI=1S/C22H29FN6/c23-17-5-3-4-14(8-17)9-19-16-10-15(18-6-1-2-7-29(18)19)12-28(13-16)21-11-20(24)26-22(25)27-21/h3-5,8,11,15-16,18-19H,1-2,6-7,9-10,12-13H2,(H4,24,25,26,27)/t15-,16+,18+,19+/m1/s1. The largest absolute Gasteiger partial charge is 0.383 e. The number of rotatable bonds is 3. The molecule has 3 aliphatic heterocycles. The number of piperidine rings is 3. The maximum Gasteiger partial charge on any atom is 0.223 e. The number of hydrogen-bond donors (Lipinski definition) is 2. The second-order valence-corrected chi connectivity index (χ2v) is 8.87. The number of anilines is 3. The quantitative estimate of drug-likeness (QED) is 0.830. The molecule has 7 heteroatoms. The van der Waals surface area contributed by atoms with Crippen LogP contribution in [0, 0.1) is 17.7 Å². The lowest BCUT2D eigenvalue weighted by atomic mass is 9.71. The van der Waals surface area contributed by atoms with Gasteiger partial charge in [0.2, 0.25) is 5.95 Å². The van der Waals surface area contributed by atoms with Gasteiger partial charge in [0.25, 0.3) is 0 Å². The third-order valence-electron chi connectivity index (χ3n) is 7.03. The summed E-state index contributed by atoms with van der Waals surface area (Å²) in [5, 5.41) is 0. The molecule has 0 unspecified atom stereocenters. The average molecular weight is 397 g/mol. The predicted octanol–water partition coefficient (Wildman–Crippen LogP) is 2.70. The van der Waals surface area contributed by atoms with Crippen molar-refractivity contribution in [2.75, 3.05) is 36.0 Å². The number of aromatic nitrogens is 2. The Balaban J connectivity index is 1.45. The molecule has 3 saturated heterocycles. The Kier molecular flexibility index (Phi) is 4.78. The van der Waals surface area contributed by atoms with Crippen LogP contribution in [0.5, 0.6) is 0 Å². The van der Waals surface area contributed by atoms with Crippen molar-refractivity contribution in [3.05, 3.63) is 41.7 Å². The Morgan fingerprint density at radius 2 is 1.93 bits per heavy atom. The van der Waals surface area contributed by atoms with Crippen LogP contribution in [0.1, 0.15) is 31.2 Å². The lowest BCUT2D eigenvalue weighted by molar-refractivity contribution is -0.0318. The normalized spacial score (nSPS) is 29.5. The van der Waals surface area contributed by atoms with E-state index in [1.807, 2.05) is 12.1 Å². The van der Waals surface area contributed by atoms with Crippen molar-refractivity contribution in [1.82, 2.24) is 14.9 Å². The molecule has 3 fully saturated rings. The number of halogens is 1. The number of nitrogen functional groups attached to an aromatic ring is 2. The van der Waals surface area contributed by atoms with Crippen molar-refractivity contribution in [2.24, 2.45) is 11.8 Å². The highest BCUT2D eigenvalue weighted by Crippen LogP contribution is 2.43. The first kappa shape index (κ1) is 18.6. The summed E-state index contributed by atoms with van der Waals surface area (Å²) >= 11 is 0. The van der Waals surface area contributed by atoms with E-state index in [0.717, 1.165) is 37.4 Å². The topological polar surface area (TPSA) is 84.3 Å². The smallest absolute Gasteiger partial charge is 0.223 e. The average Bonchev–Trinajstić information content (AvgIpc) is 2.70. The molecule has 5 rings (SSSR count). The summed E-state index contributed by atoms with van der Waals surface area (Å²) in [4.78, 5) is 13.6. The Morgan fingerprint density at radius 1 is 1.07 bits per heavy atom. The van der Waals surface area contributed by atoms with Crippen molar-refractivity contribution in [3.8, 4) is 0 Å². The summed E-state index contributed by atoms with van der Waals surface area (Å²) in [7, 11) is 0. The molecule has 6 nitrogen and oxygen atoms in total. The van der Waals surface area contributed by atoms with Gasteiger partial charge in [0.05, 0.1) is 0 Å². The van der Waals surface area contributed by atoms with Crippen LogP contribution in [0.3, 0.4) is 0 Å². The van der Waals surface area contributed by atoms with E-state index in [4.69, 9.17) is 11.5 Å². The highest BCUT2D eigenvalue weighted by molar-refractivity contribution is 5.51. The number of benzene rings is 1. The minimum Gasteiger partial charge on any atom is -0.383 e.